The van der Waals surface area contributed by atoms with Crippen LogP contribution in [0, 0.1) is 6.92 Å². The topological polar surface area (TPSA) is 59.0 Å². The van der Waals surface area contributed by atoms with Crippen LogP contribution in [-0.4, -0.2) is 42.1 Å². The number of nitrogens with zero attached hydrogens (tertiary/aromatic N) is 1. The smallest absolute Gasteiger partial charge is 0.231 e. The summed E-state index contributed by atoms with van der Waals surface area (Å²) in [5, 5.41) is 10.3. The average Bonchev–Trinajstić information content (AvgIpc) is 2.95. The van der Waals surface area contributed by atoms with E-state index in [0.717, 1.165) is 24.2 Å². The second-order valence-corrected chi connectivity index (χ2v) is 6.68. The van der Waals surface area contributed by atoms with Crippen LogP contribution < -0.4 is 4.74 Å². The molecule has 0 saturated carbocycles. The molecule has 1 fully saturated rings. The number of Topliss-reactive ketones (excluding diaryl/α,β-unsaturated/α-hetero) is 1. The zero-order valence-corrected chi connectivity index (χ0v) is 14.7. The molecule has 0 atom stereocenters. The summed E-state index contributed by atoms with van der Waals surface area (Å²) in [7, 11) is 0. The molecule has 2 aliphatic rings. The third kappa shape index (κ3) is 3.23. The van der Waals surface area contributed by atoms with Gasteiger partial charge in [-0.05, 0) is 30.7 Å². The van der Waals surface area contributed by atoms with Gasteiger partial charge in [0.15, 0.2) is 5.76 Å². The van der Waals surface area contributed by atoms with E-state index in [1.54, 1.807) is 18.2 Å². The van der Waals surface area contributed by atoms with Crippen LogP contribution in [-0.2, 0) is 11.3 Å². The predicted molar refractivity (Wildman–Crippen MR) is 98.3 cm³/mol. The Morgan fingerprint density at radius 3 is 2.77 bits per heavy atom. The van der Waals surface area contributed by atoms with Gasteiger partial charge in [-0.15, -0.1) is 0 Å². The van der Waals surface area contributed by atoms with Crippen molar-refractivity contribution in [2.24, 2.45) is 0 Å². The Balaban J connectivity index is 1.66. The van der Waals surface area contributed by atoms with Gasteiger partial charge in [0.05, 0.1) is 24.3 Å². The summed E-state index contributed by atoms with van der Waals surface area (Å²) in [6, 6.07) is 11.1. The van der Waals surface area contributed by atoms with Crippen molar-refractivity contribution in [1.82, 2.24) is 4.90 Å². The van der Waals surface area contributed by atoms with Crippen LogP contribution in [0.1, 0.15) is 27.0 Å². The molecule has 2 aromatic rings. The van der Waals surface area contributed by atoms with Gasteiger partial charge in [-0.2, -0.15) is 0 Å². The molecule has 0 bridgehead atoms. The number of fused-ring (bicyclic) bond motifs is 1. The molecular formula is C21H21NO4. The maximum absolute atomic E-state index is 12.7. The first-order chi connectivity index (χ1) is 12.6. The number of phenolic OH excluding ortho intramolecular Hbond substituents is 1. The number of carbonyl (C=O) groups is 1. The van der Waals surface area contributed by atoms with Crippen LogP contribution in [0.25, 0.3) is 6.08 Å². The van der Waals surface area contributed by atoms with Crippen LogP contribution in [0.3, 0.4) is 0 Å². The monoisotopic (exact) mass is 351 g/mol. The van der Waals surface area contributed by atoms with Gasteiger partial charge < -0.3 is 14.6 Å². The molecule has 2 heterocycles. The van der Waals surface area contributed by atoms with Crippen LogP contribution in [0.5, 0.6) is 11.5 Å². The number of benzene rings is 2. The summed E-state index contributed by atoms with van der Waals surface area (Å²) >= 11 is 0. The molecule has 2 aliphatic heterocycles. The molecule has 1 saturated heterocycles. The van der Waals surface area contributed by atoms with E-state index in [2.05, 4.69) is 4.90 Å². The number of hydrogen-bond acceptors (Lipinski definition) is 5. The van der Waals surface area contributed by atoms with Gasteiger partial charge >= 0.3 is 0 Å². The van der Waals surface area contributed by atoms with Crippen LogP contribution in [0.2, 0.25) is 0 Å². The molecule has 134 valence electrons. The third-order valence-electron chi connectivity index (χ3n) is 4.74. The first-order valence-electron chi connectivity index (χ1n) is 8.77. The number of carbonyl (C=O) groups excluding carboxylic acids is 1. The molecule has 0 radical (unpaired) electrons. The molecule has 0 aliphatic carbocycles. The SMILES string of the molecule is Cc1cccc(C=C2Oc3c(ccc(O)c3CN3CCOCC3)C2=O)c1. The minimum Gasteiger partial charge on any atom is -0.507 e. The van der Waals surface area contributed by atoms with Gasteiger partial charge in [-0.1, -0.05) is 29.8 Å². The summed E-state index contributed by atoms with van der Waals surface area (Å²) in [5.41, 5.74) is 3.20. The highest BCUT2D eigenvalue weighted by molar-refractivity contribution is 6.15. The van der Waals surface area contributed by atoms with Crippen molar-refractivity contribution in [2.75, 3.05) is 26.3 Å². The van der Waals surface area contributed by atoms with Gasteiger partial charge in [0, 0.05) is 19.6 Å². The molecule has 0 unspecified atom stereocenters. The molecule has 0 spiro atoms. The fourth-order valence-corrected chi connectivity index (χ4v) is 3.34. The number of allylic oxidation sites excluding steroid dienone is 1. The molecule has 5 heteroatoms. The summed E-state index contributed by atoms with van der Waals surface area (Å²) in [5.74, 6) is 0.768. The maximum Gasteiger partial charge on any atom is 0.231 e. The first-order valence-corrected chi connectivity index (χ1v) is 8.77. The Bertz CT molecular complexity index is 882. The van der Waals surface area contributed by atoms with Crippen molar-refractivity contribution in [3.63, 3.8) is 0 Å². The summed E-state index contributed by atoms with van der Waals surface area (Å²) in [4.78, 5) is 14.9. The zero-order chi connectivity index (χ0) is 18.1. The largest absolute Gasteiger partial charge is 0.507 e. The minimum absolute atomic E-state index is 0.148. The van der Waals surface area contributed by atoms with Crippen molar-refractivity contribution in [3.05, 3.63) is 64.4 Å². The minimum atomic E-state index is -0.148. The fraction of sp³-hybridized carbons (Fsp3) is 0.286. The number of morpholine rings is 1. The van der Waals surface area contributed by atoms with Crippen molar-refractivity contribution < 1.29 is 19.4 Å². The standard InChI is InChI=1S/C21H21NO4/c1-14-3-2-4-15(11-14)12-19-20(24)16-5-6-18(23)17(21(16)26-19)13-22-7-9-25-10-8-22/h2-6,11-12,23H,7-10,13H2,1H3. The van der Waals surface area contributed by atoms with Gasteiger partial charge in [0.2, 0.25) is 5.78 Å². The molecule has 26 heavy (non-hydrogen) atoms. The van der Waals surface area contributed by atoms with E-state index < -0.39 is 0 Å². The summed E-state index contributed by atoms with van der Waals surface area (Å²) < 4.78 is 11.3. The Kier molecular flexibility index (Phi) is 4.49. The fourth-order valence-electron chi connectivity index (χ4n) is 3.34. The zero-order valence-electron chi connectivity index (χ0n) is 14.7. The Hall–Kier alpha value is -2.63. The number of ketones is 1. The lowest BCUT2D eigenvalue weighted by atomic mass is 10.0. The predicted octanol–water partition coefficient (Wildman–Crippen LogP) is 3.15. The second-order valence-electron chi connectivity index (χ2n) is 6.68. The van der Waals surface area contributed by atoms with E-state index in [0.29, 0.717) is 42.4 Å². The summed E-state index contributed by atoms with van der Waals surface area (Å²) in [6.45, 7) is 5.48. The highest BCUT2D eigenvalue weighted by Gasteiger charge is 2.31. The molecule has 4 rings (SSSR count). The van der Waals surface area contributed by atoms with Gasteiger partial charge in [0.1, 0.15) is 11.5 Å². The van der Waals surface area contributed by atoms with E-state index >= 15 is 0 Å². The second kappa shape index (κ2) is 6.94. The third-order valence-corrected chi connectivity index (χ3v) is 4.74. The van der Waals surface area contributed by atoms with Crippen molar-refractivity contribution in [2.45, 2.75) is 13.5 Å². The molecule has 0 aromatic heterocycles. The van der Waals surface area contributed by atoms with E-state index in [1.807, 2.05) is 31.2 Å². The van der Waals surface area contributed by atoms with E-state index in [4.69, 9.17) is 9.47 Å². The lowest BCUT2D eigenvalue weighted by Crippen LogP contribution is -2.35. The molecule has 1 N–H and O–H groups in total. The van der Waals surface area contributed by atoms with Crippen molar-refractivity contribution in [1.29, 1.82) is 0 Å². The van der Waals surface area contributed by atoms with Gasteiger partial charge in [0.25, 0.3) is 0 Å². The quantitative estimate of drug-likeness (QED) is 0.861. The maximum atomic E-state index is 12.7. The van der Waals surface area contributed by atoms with Crippen LogP contribution in [0.15, 0.2) is 42.2 Å². The molecular weight excluding hydrogens is 330 g/mol. The van der Waals surface area contributed by atoms with Crippen LogP contribution >= 0.6 is 0 Å². The Morgan fingerprint density at radius 2 is 2.00 bits per heavy atom. The van der Waals surface area contributed by atoms with E-state index in [1.165, 1.54) is 0 Å². The van der Waals surface area contributed by atoms with Gasteiger partial charge in [-0.3, -0.25) is 9.69 Å². The molecule has 5 nitrogen and oxygen atoms in total. The number of ether oxygens (including phenoxy) is 2. The number of phenols is 1. The first kappa shape index (κ1) is 16.8. The number of aromatic hydroxyl groups is 1. The Morgan fingerprint density at radius 1 is 1.19 bits per heavy atom. The van der Waals surface area contributed by atoms with Crippen molar-refractivity contribution >= 4 is 11.9 Å². The van der Waals surface area contributed by atoms with E-state index in [-0.39, 0.29) is 11.5 Å². The average molecular weight is 351 g/mol. The Labute approximate surface area is 152 Å². The van der Waals surface area contributed by atoms with Crippen LogP contribution in [0.4, 0.5) is 0 Å². The highest BCUT2D eigenvalue weighted by atomic mass is 16.5. The van der Waals surface area contributed by atoms with Gasteiger partial charge in [-0.25, -0.2) is 0 Å². The number of aryl methyl sites for hydroxylation is 1. The molecule has 0 amide bonds. The lowest BCUT2D eigenvalue weighted by Gasteiger charge is -2.27. The normalized spacial score (nSPS) is 18.8. The van der Waals surface area contributed by atoms with E-state index in [9.17, 15) is 9.90 Å². The lowest BCUT2D eigenvalue weighted by molar-refractivity contribution is 0.0336. The highest BCUT2D eigenvalue weighted by Crippen LogP contribution is 2.40. The molecule has 2 aromatic carbocycles. The summed E-state index contributed by atoms with van der Waals surface area (Å²) in [6.07, 6.45) is 1.75. The van der Waals surface area contributed by atoms with Crippen molar-refractivity contribution in [3.8, 4) is 11.5 Å². The number of rotatable bonds is 3. The number of hydrogen-bond donors (Lipinski definition) is 1.